The van der Waals surface area contributed by atoms with Gasteiger partial charge >= 0.3 is 0 Å². The van der Waals surface area contributed by atoms with Crippen LogP contribution in [0.4, 0.5) is 0 Å². The zero-order chi connectivity index (χ0) is 12.7. The first-order chi connectivity index (χ1) is 8.72. The molecule has 1 aromatic heterocycles. The van der Waals surface area contributed by atoms with Gasteiger partial charge in [-0.05, 0) is 55.7 Å². The van der Waals surface area contributed by atoms with Gasteiger partial charge < -0.3 is 4.98 Å². The van der Waals surface area contributed by atoms with Gasteiger partial charge in [0.1, 0.15) is 0 Å². The number of aromatic amines is 1. The van der Waals surface area contributed by atoms with Gasteiger partial charge in [0.15, 0.2) is 0 Å². The fraction of sp³-hybridized carbons (Fsp3) is 0.438. The number of H-pyrrole nitrogens is 1. The molecule has 0 saturated carbocycles. The van der Waals surface area contributed by atoms with Crippen LogP contribution < -0.4 is 0 Å². The lowest BCUT2D eigenvalue weighted by molar-refractivity contribution is 0.561. The molecular weight excluding hydrogens is 220 g/mol. The average Bonchev–Trinajstić information content (AvgIpc) is 2.75. The van der Waals surface area contributed by atoms with Crippen LogP contribution in [0.15, 0.2) is 12.1 Å². The van der Waals surface area contributed by atoms with Gasteiger partial charge in [0.05, 0.1) is 6.07 Å². The average molecular weight is 238 g/mol. The maximum atomic E-state index is 8.99. The molecule has 1 unspecified atom stereocenters. The summed E-state index contributed by atoms with van der Waals surface area (Å²) in [7, 11) is 0. The lowest BCUT2D eigenvalue weighted by atomic mass is 9.83. The van der Waals surface area contributed by atoms with Crippen LogP contribution in [-0.2, 0) is 6.42 Å². The van der Waals surface area contributed by atoms with Gasteiger partial charge in [0, 0.05) is 23.0 Å². The normalized spacial score (nSPS) is 18.6. The van der Waals surface area contributed by atoms with Gasteiger partial charge in [-0.25, -0.2) is 0 Å². The highest BCUT2D eigenvalue weighted by molar-refractivity contribution is 5.89. The first-order valence-electron chi connectivity index (χ1n) is 6.70. The molecule has 1 aliphatic carbocycles. The van der Waals surface area contributed by atoms with Gasteiger partial charge in [-0.1, -0.05) is 12.1 Å². The molecule has 0 spiro atoms. The zero-order valence-electron chi connectivity index (χ0n) is 11.0. The minimum atomic E-state index is 0.426. The Morgan fingerprint density at radius 3 is 3.00 bits per heavy atom. The Morgan fingerprint density at radius 2 is 2.22 bits per heavy atom. The maximum absolute atomic E-state index is 8.99. The largest absolute Gasteiger partial charge is 0.358 e. The first-order valence-corrected chi connectivity index (χ1v) is 6.70. The molecule has 0 aliphatic heterocycles. The van der Waals surface area contributed by atoms with Crippen molar-refractivity contribution in [3.05, 3.63) is 34.5 Å². The van der Waals surface area contributed by atoms with E-state index in [9.17, 15) is 0 Å². The van der Waals surface area contributed by atoms with Crippen molar-refractivity contribution in [2.75, 3.05) is 0 Å². The zero-order valence-corrected chi connectivity index (χ0v) is 11.0. The summed E-state index contributed by atoms with van der Waals surface area (Å²) in [5.41, 5.74) is 6.74. The number of aryl methyl sites for hydroxylation is 3. The Labute approximate surface area is 108 Å². The highest BCUT2D eigenvalue weighted by Crippen LogP contribution is 2.39. The van der Waals surface area contributed by atoms with Crippen LogP contribution in [0.25, 0.3) is 10.9 Å². The number of aromatic nitrogens is 1. The van der Waals surface area contributed by atoms with Crippen molar-refractivity contribution in [1.29, 1.82) is 5.26 Å². The van der Waals surface area contributed by atoms with Crippen molar-refractivity contribution in [3.63, 3.8) is 0 Å². The Balaban J connectivity index is 2.26. The summed E-state index contributed by atoms with van der Waals surface area (Å²) in [5, 5.41) is 10.3. The summed E-state index contributed by atoms with van der Waals surface area (Å²) in [6.45, 7) is 4.33. The molecule has 1 N–H and O–H groups in total. The summed E-state index contributed by atoms with van der Waals surface area (Å²) in [5.74, 6) is 0.426. The lowest BCUT2D eigenvalue weighted by Gasteiger charge is -2.20. The number of fused-ring (bicyclic) bond motifs is 3. The van der Waals surface area contributed by atoms with Crippen LogP contribution >= 0.6 is 0 Å². The molecule has 0 bridgehead atoms. The van der Waals surface area contributed by atoms with Crippen molar-refractivity contribution >= 4 is 10.9 Å². The smallest absolute Gasteiger partial charge is 0.0628 e. The SMILES string of the molecule is Cc1ccc2c3c([nH]c2c1C)CCCC3CC#N. The van der Waals surface area contributed by atoms with Gasteiger partial charge in [-0.3, -0.25) is 0 Å². The predicted octanol–water partition coefficient (Wildman–Crippen LogP) is 4.12. The molecule has 3 rings (SSSR count). The minimum Gasteiger partial charge on any atom is -0.358 e. The minimum absolute atomic E-state index is 0.426. The second-order valence-corrected chi connectivity index (χ2v) is 5.40. The molecule has 0 saturated heterocycles. The Kier molecular flexibility index (Phi) is 2.63. The van der Waals surface area contributed by atoms with E-state index in [0.717, 1.165) is 12.8 Å². The number of hydrogen-bond acceptors (Lipinski definition) is 1. The predicted molar refractivity (Wildman–Crippen MR) is 73.7 cm³/mol. The Hall–Kier alpha value is -1.75. The number of nitrogens with zero attached hydrogens (tertiary/aromatic N) is 1. The summed E-state index contributed by atoms with van der Waals surface area (Å²) in [6.07, 6.45) is 4.13. The molecule has 2 aromatic rings. The molecule has 2 heteroatoms. The van der Waals surface area contributed by atoms with Crippen LogP contribution in [0.3, 0.4) is 0 Å². The standard InChI is InChI=1S/C16H18N2/c1-10-6-7-13-15-12(8-9-17)4-3-5-14(15)18-16(13)11(10)2/h6-7,12,18H,3-5,8H2,1-2H3. The summed E-state index contributed by atoms with van der Waals surface area (Å²) < 4.78 is 0. The van der Waals surface area contributed by atoms with Crippen LogP contribution in [0, 0.1) is 25.2 Å². The molecule has 1 heterocycles. The number of nitriles is 1. The first kappa shape index (κ1) is 11.3. The molecule has 1 aromatic carbocycles. The molecule has 18 heavy (non-hydrogen) atoms. The van der Waals surface area contributed by atoms with Gasteiger partial charge in [-0.2, -0.15) is 5.26 Å². The number of hydrogen-bond donors (Lipinski definition) is 1. The highest BCUT2D eigenvalue weighted by Gasteiger charge is 2.24. The van der Waals surface area contributed by atoms with Crippen molar-refractivity contribution in [3.8, 4) is 6.07 Å². The van der Waals surface area contributed by atoms with Crippen LogP contribution in [0.2, 0.25) is 0 Å². The van der Waals surface area contributed by atoms with Crippen LogP contribution in [0.1, 0.15) is 47.6 Å². The van der Waals surface area contributed by atoms with E-state index in [0.29, 0.717) is 12.3 Å². The Morgan fingerprint density at radius 1 is 1.39 bits per heavy atom. The topological polar surface area (TPSA) is 39.6 Å². The molecule has 92 valence electrons. The number of nitrogens with one attached hydrogen (secondary N) is 1. The van der Waals surface area contributed by atoms with Crippen molar-refractivity contribution < 1.29 is 0 Å². The van der Waals surface area contributed by atoms with Gasteiger partial charge in [0.2, 0.25) is 0 Å². The van der Waals surface area contributed by atoms with E-state index in [-0.39, 0.29) is 0 Å². The van der Waals surface area contributed by atoms with E-state index in [4.69, 9.17) is 5.26 Å². The van der Waals surface area contributed by atoms with Crippen LogP contribution in [-0.4, -0.2) is 4.98 Å². The van der Waals surface area contributed by atoms with E-state index in [2.05, 4.69) is 37.0 Å². The van der Waals surface area contributed by atoms with Gasteiger partial charge in [0.25, 0.3) is 0 Å². The van der Waals surface area contributed by atoms with Crippen molar-refractivity contribution in [2.45, 2.75) is 45.4 Å². The molecule has 1 aliphatic rings. The second-order valence-electron chi connectivity index (χ2n) is 5.40. The molecule has 0 fully saturated rings. The van der Waals surface area contributed by atoms with E-state index in [1.807, 2.05) is 0 Å². The Bertz CT molecular complexity index is 643. The van der Waals surface area contributed by atoms with Crippen molar-refractivity contribution in [2.24, 2.45) is 0 Å². The fourth-order valence-electron chi connectivity index (χ4n) is 3.23. The lowest BCUT2D eigenvalue weighted by Crippen LogP contribution is -2.08. The monoisotopic (exact) mass is 238 g/mol. The number of benzene rings is 1. The number of rotatable bonds is 1. The second kappa shape index (κ2) is 4.17. The van der Waals surface area contributed by atoms with E-state index in [1.54, 1.807) is 0 Å². The summed E-state index contributed by atoms with van der Waals surface area (Å²) in [4.78, 5) is 3.60. The molecule has 2 nitrogen and oxygen atoms in total. The highest BCUT2D eigenvalue weighted by atomic mass is 14.7. The fourth-order valence-corrected chi connectivity index (χ4v) is 3.23. The van der Waals surface area contributed by atoms with Crippen LogP contribution in [0.5, 0.6) is 0 Å². The summed E-state index contributed by atoms with van der Waals surface area (Å²) >= 11 is 0. The summed E-state index contributed by atoms with van der Waals surface area (Å²) in [6, 6.07) is 6.77. The van der Waals surface area contributed by atoms with Crippen molar-refractivity contribution in [1.82, 2.24) is 4.98 Å². The van der Waals surface area contributed by atoms with Gasteiger partial charge in [-0.15, -0.1) is 0 Å². The molecule has 0 radical (unpaired) electrons. The molecule has 1 atom stereocenters. The molecule has 0 amide bonds. The van der Waals surface area contributed by atoms with E-state index in [1.165, 1.54) is 39.7 Å². The van der Waals surface area contributed by atoms with E-state index >= 15 is 0 Å². The third-order valence-corrected chi connectivity index (χ3v) is 4.35. The van der Waals surface area contributed by atoms with E-state index < -0.39 is 0 Å². The quantitative estimate of drug-likeness (QED) is 0.797. The third kappa shape index (κ3) is 1.54. The molecular formula is C16H18N2. The third-order valence-electron chi connectivity index (χ3n) is 4.35. The maximum Gasteiger partial charge on any atom is 0.0628 e.